The van der Waals surface area contributed by atoms with Crippen LogP contribution in [0.1, 0.15) is 49.4 Å². The number of halogens is 2. The minimum absolute atomic E-state index is 0.0512. The first kappa shape index (κ1) is 16.1. The van der Waals surface area contributed by atoms with E-state index in [0.717, 1.165) is 19.3 Å². The summed E-state index contributed by atoms with van der Waals surface area (Å²) in [4.78, 5) is 16.2. The standard InChI is InChI=1S/C15H17Cl2N3O/c1-2-10-5-7-15(9-18,8-6-10)20-14(21)11-3-4-12(16)19-13(11)17/h3-4,10H,2,5-8H2,1H3,(H,20,21). The van der Waals surface area contributed by atoms with E-state index in [-0.39, 0.29) is 21.8 Å². The Morgan fingerprint density at radius 1 is 1.48 bits per heavy atom. The van der Waals surface area contributed by atoms with Crippen LogP contribution in [-0.2, 0) is 0 Å². The molecule has 0 spiro atoms. The summed E-state index contributed by atoms with van der Waals surface area (Å²) in [5.74, 6) is 0.268. The predicted molar refractivity (Wildman–Crippen MR) is 82.3 cm³/mol. The SMILES string of the molecule is CCC1CCC(C#N)(NC(=O)c2ccc(Cl)nc2Cl)CC1. The molecule has 0 unspecified atom stereocenters. The van der Waals surface area contributed by atoms with Gasteiger partial charge in [-0.15, -0.1) is 0 Å². The Kier molecular flexibility index (Phi) is 5.08. The summed E-state index contributed by atoms with van der Waals surface area (Å²) in [6, 6.07) is 5.30. The van der Waals surface area contributed by atoms with Crippen LogP contribution in [0.25, 0.3) is 0 Å². The highest BCUT2D eigenvalue weighted by molar-refractivity contribution is 6.34. The molecule has 0 radical (unpaired) electrons. The van der Waals surface area contributed by atoms with Gasteiger partial charge in [-0.2, -0.15) is 5.26 Å². The van der Waals surface area contributed by atoms with Crippen molar-refractivity contribution in [2.45, 2.75) is 44.6 Å². The summed E-state index contributed by atoms with van der Waals surface area (Å²) in [6.45, 7) is 2.15. The largest absolute Gasteiger partial charge is 0.334 e. The number of aromatic nitrogens is 1. The maximum atomic E-state index is 12.3. The van der Waals surface area contributed by atoms with E-state index in [4.69, 9.17) is 23.2 Å². The number of nitrogens with one attached hydrogen (secondary N) is 1. The molecule has 1 saturated carbocycles. The summed E-state index contributed by atoms with van der Waals surface area (Å²) >= 11 is 11.7. The van der Waals surface area contributed by atoms with E-state index in [1.54, 1.807) is 0 Å². The van der Waals surface area contributed by atoms with E-state index in [1.807, 2.05) is 0 Å². The molecule has 0 aromatic carbocycles. The molecule has 1 fully saturated rings. The molecule has 2 rings (SSSR count). The molecule has 112 valence electrons. The van der Waals surface area contributed by atoms with E-state index in [9.17, 15) is 10.1 Å². The molecular formula is C15H17Cl2N3O. The van der Waals surface area contributed by atoms with Gasteiger partial charge in [0.15, 0.2) is 0 Å². The molecule has 6 heteroatoms. The van der Waals surface area contributed by atoms with Gasteiger partial charge in [0.05, 0.1) is 11.6 Å². The fourth-order valence-electron chi connectivity index (χ4n) is 2.71. The van der Waals surface area contributed by atoms with E-state index in [0.29, 0.717) is 18.8 Å². The normalized spacial score (nSPS) is 25.1. The van der Waals surface area contributed by atoms with Gasteiger partial charge in [-0.25, -0.2) is 4.98 Å². The fourth-order valence-corrected chi connectivity index (χ4v) is 3.14. The highest BCUT2D eigenvalue weighted by atomic mass is 35.5. The average Bonchev–Trinajstić information content (AvgIpc) is 2.47. The van der Waals surface area contributed by atoms with Crippen molar-refractivity contribution in [2.24, 2.45) is 5.92 Å². The molecule has 1 heterocycles. The number of rotatable bonds is 3. The quantitative estimate of drug-likeness (QED) is 0.854. The molecule has 0 atom stereocenters. The minimum Gasteiger partial charge on any atom is -0.334 e. The number of carbonyl (C=O) groups excluding carboxylic acids is 1. The Hall–Kier alpha value is -1.31. The first-order valence-corrected chi connectivity index (χ1v) is 7.81. The lowest BCUT2D eigenvalue weighted by Crippen LogP contribution is -2.49. The predicted octanol–water partition coefficient (Wildman–Crippen LogP) is 3.98. The van der Waals surface area contributed by atoms with Crippen molar-refractivity contribution >= 4 is 29.1 Å². The molecule has 0 aliphatic heterocycles. The molecule has 1 amide bonds. The first-order chi connectivity index (χ1) is 9.99. The maximum absolute atomic E-state index is 12.3. The number of pyridine rings is 1. The smallest absolute Gasteiger partial charge is 0.255 e. The Balaban J connectivity index is 2.12. The van der Waals surface area contributed by atoms with Crippen molar-refractivity contribution < 1.29 is 4.79 Å². The topological polar surface area (TPSA) is 65.8 Å². The second-order valence-electron chi connectivity index (χ2n) is 5.47. The van der Waals surface area contributed by atoms with Crippen LogP contribution >= 0.6 is 23.2 Å². The maximum Gasteiger partial charge on any atom is 0.255 e. The molecule has 4 nitrogen and oxygen atoms in total. The molecule has 21 heavy (non-hydrogen) atoms. The summed E-state index contributed by atoms with van der Waals surface area (Å²) in [5.41, 5.74) is -0.556. The van der Waals surface area contributed by atoms with Gasteiger partial charge in [-0.3, -0.25) is 4.79 Å². The molecule has 1 aliphatic rings. The van der Waals surface area contributed by atoms with Crippen molar-refractivity contribution in [3.8, 4) is 6.07 Å². The monoisotopic (exact) mass is 325 g/mol. The summed E-state index contributed by atoms with van der Waals surface area (Å²) in [7, 11) is 0. The molecule has 1 aliphatic carbocycles. The van der Waals surface area contributed by atoms with Gasteiger partial charge in [0.1, 0.15) is 15.8 Å². The number of nitriles is 1. The molecule has 0 bridgehead atoms. The van der Waals surface area contributed by atoms with Gasteiger partial charge in [-0.05, 0) is 43.7 Å². The van der Waals surface area contributed by atoms with Gasteiger partial charge in [-0.1, -0.05) is 36.5 Å². The average molecular weight is 326 g/mol. The number of hydrogen-bond donors (Lipinski definition) is 1. The second-order valence-corrected chi connectivity index (χ2v) is 6.22. The summed E-state index contributed by atoms with van der Waals surface area (Å²) in [6.07, 6.45) is 4.37. The first-order valence-electron chi connectivity index (χ1n) is 7.05. The van der Waals surface area contributed by atoms with Crippen LogP contribution in [0.5, 0.6) is 0 Å². The molecule has 1 aromatic rings. The van der Waals surface area contributed by atoms with Crippen LogP contribution in [0.4, 0.5) is 0 Å². The highest BCUT2D eigenvalue weighted by Crippen LogP contribution is 2.33. The summed E-state index contributed by atoms with van der Waals surface area (Å²) in [5, 5.41) is 12.6. The third-order valence-corrected chi connectivity index (χ3v) is 4.66. The number of hydrogen-bond acceptors (Lipinski definition) is 3. The van der Waals surface area contributed by atoms with Crippen molar-refractivity contribution in [3.05, 3.63) is 28.0 Å². The van der Waals surface area contributed by atoms with Crippen LogP contribution in [0.3, 0.4) is 0 Å². The van der Waals surface area contributed by atoms with Crippen LogP contribution in [-0.4, -0.2) is 16.4 Å². The zero-order chi connectivity index (χ0) is 15.5. The van der Waals surface area contributed by atoms with E-state index < -0.39 is 5.54 Å². The fraction of sp³-hybridized carbons (Fsp3) is 0.533. The third-order valence-electron chi connectivity index (χ3n) is 4.16. The lowest BCUT2D eigenvalue weighted by Gasteiger charge is -2.35. The van der Waals surface area contributed by atoms with Gasteiger partial charge < -0.3 is 5.32 Å². The molecular weight excluding hydrogens is 309 g/mol. The second kappa shape index (κ2) is 6.64. The van der Waals surface area contributed by atoms with Crippen molar-refractivity contribution in [2.75, 3.05) is 0 Å². The van der Waals surface area contributed by atoms with E-state index >= 15 is 0 Å². The number of amides is 1. The zero-order valence-corrected chi connectivity index (χ0v) is 13.3. The number of nitrogens with zero attached hydrogens (tertiary/aromatic N) is 2. The lowest BCUT2D eigenvalue weighted by atomic mass is 9.76. The number of carbonyl (C=O) groups is 1. The molecule has 1 N–H and O–H groups in total. The van der Waals surface area contributed by atoms with Gasteiger partial charge >= 0.3 is 0 Å². The van der Waals surface area contributed by atoms with Crippen molar-refractivity contribution in [1.29, 1.82) is 5.26 Å². The van der Waals surface area contributed by atoms with Crippen LogP contribution in [0.2, 0.25) is 10.3 Å². The minimum atomic E-state index is -0.800. The molecule has 1 aromatic heterocycles. The highest BCUT2D eigenvalue weighted by Gasteiger charge is 2.36. The van der Waals surface area contributed by atoms with Crippen molar-refractivity contribution in [1.82, 2.24) is 10.3 Å². The Morgan fingerprint density at radius 3 is 2.67 bits per heavy atom. The Morgan fingerprint density at radius 2 is 2.14 bits per heavy atom. The van der Waals surface area contributed by atoms with Crippen LogP contribution in [0, 0.1) is 17.2 Å². The Labute approximate surface area is 134 Å². The Bertz CT molecular complexity index is 575. The van der Waals surface area contributed by atoms with E-state index in [1.165, 1.54) is 12.1 Å². The van der Waals surface area contributed by atoms with Crippen LogP contribution in [0.15, 0.2) is 12.1 Å². The van der Waals surface area contributed by atoms with E-state index in [2.05, 4.69) is 23.3 Å². The van der Waals surface area contributed by atoms with Gasteiger partial charge in [0, 0.05) is 0 Å². The van der Waals surface area contributed by atoms with Gasteiger partial charge in [0.2, 0.25) is 0 Å². The lowest BCUT2D eigenvalue weighted by molar-refractivity contribution is 0.0891. The summed E-state index contributed by atoms with van der Waals surface area (Å²) < 4.78 is 0. The van der Waals surface area contributed by atoms with Gasteiger partial charge in [0.25, 0.3) is 5.91 Å². The zero-order valence-electron chi connectivity index (χ0n) is 11.8. The third kappa shape index (κ3) is 3.66. The van der Waals surface area contributed by atoms with Crippen LogP contribution < -0.4 is 5.32 Å². The van der Waals surface area contributed by atoms with Crippen molar-refractivity contribution in [3.63, 3.8) is 0 Å². The molecule has 0 saturated heterocycles.